The normalized spacial score (nSPS) is 9.67. The van der Waals surface area contributed by atoms with E-state index in [9.17, 15) is 19.2 Å². The number of carboxylic acids is 1. The standard InChI is InChI=1S/C10H14O5/c1-7(11)3-2-4-8(12)5-9(13)6-10(14)15/h2-6H2,1H3,(H,14,15). The van der Waals surface area contributed by atoms with Gasteiger partial charge in [0.2, 0.25) is 0 Å². The number of hydrogen-bond acceptors (Lipinski definition) is 4. The Labute approximate surface area is 87.5 Å². The Balaban J connectivity index is 3.69. The molecule has 0 aromatic rings. The van der Waals surface area contributed by atoms with Gasteiger partial charge >= 0.3 is 5.97 Å². The molecule has 0 rings (SSSR count). The minimum Gasteiger partial charge on any atom is -0.481 e. The number of ketones is 3. The average molecular weight is 214 g/mol. The predicted octanol–water partition coefficient (Wildman–Crippen LogP) is 0.749. The second-order valence-corrected chi connectivity index (χ2v) is 3.38. The number of aliphatic carboxylic acids is 1. The van der Waals surface area contributed by atoms with Crippen molar-refractivity contribution in [1.82, 2.24) is 0 Å². The Morgan fingerprint density at radius 1 is 0.933 bits per heavy atom. The summed E-state index contributed by atoms with van der Waals surface area (Å²) in [5.41, 5.74) is 0. The van der Waals surface area contributed by atoms with Gasteiger partial charge in [0.25, 0.3) is 0 Å². The number of carbonyl (C=O) groups excluding carboxylic acids is 3. The molecule has 0 aliphatic carbocycles. The lowest BCUT2D eigenvalue weighted by Crippen LogP contribution is -2.12. The maximum Gasteiger partial charge on any atom is 0.310 e. The van der Waals surface area contributed by atoms with Crippen LogP contribution in [-0.2, 0) is 19.2 Å². The quantitative estimate of drug-likeness (QED) is 0.602. The van der Waals surface area contributed by atoms with Crippen LogP contribution in [0.1, 0.15) is 39.0 Å². The van der Waals surface area contributed by atoms with Gasteiger partial charge in [-0.3, -0.25) is 14.4 Å². The van der Waals surface area contributed by atoms with E-state index in [0.29, 0.717) is 12.8 Å². The number of carboxylic acid groups (broad SMARTS) is 1. The van der Waals surface area contributed by atoms with Gasteiger partial charge in [-0.25, -0.2) is 0 Å². The van der Waals surface area contributed by atoms with Gasteiger partial charge in [0.05, 0.1) is 6.42 Å². The van der Waals surface area contributed by atoms with Gasteiger partial charge in [0.15, 0.2) is 5.78 Å². The molecule has 0 aromatic heterocycles. The van der Waals surface area contributed by atoms with Crippen molar-refractivity contribution in [3.63, 3.8) is 0 Å². The Bertz CT molecular complexity index is 280. The van der Waals surface area contributed by atoms with Gasteiger partial charge in [0, 0.05) is 12.8 Å². The van der Waals surface area contributed by atoms with Crippen LogP contribution >= 0.6 is 0 Å². The topological polar surface area (TPSA) is 88.5 Å². The highest BCUT2D eigenvalue weighted by molar-refractivity contribution is 6.05. The molecule has 0 aromatic carbocycles. The van der Waals surface area contributed by atoms with Gasteiger partial charge in [-0.15, -0.1) is 0 Å². The fourth-order valence-corrected chi connectivity index (χ4v) is 1.07. The van der Waals surface area contributed by atoms with Crippen LogP contribution in [0.2, 0.25) is 0 Å². The summed E-state index contributed by atoms with van der Waals surface area (Å²) >= 11 is 0. The summed E-state index contributed by atoms with van der Waals surface area (Å²) in [5, 5.41) is 8.27. The summed E-state index contributed by atoms with van der Waals surface area (Å²) in [5.74, 6) is -2.12. The molecule has 5 nitrogen and oxygen atoms in total. The van der Waals surface area contributed by atoms with Gasteiger partial charge in [0.1, 0.15) is 18.0 Å². The summed E-state index contributed by atoms with van der Waals surface area (Å²) in [4.78, 5) is 42.6. The first-order valence-electron chi connectivity index (χ1n) is 4.66. The summed E-state index contributed by atoms with van der Waals surface area (Å²) in [6, 6.07) is 0. The second kappa shape index (κ2) is 6.86. The molecule has 0 heterocycles. The smallest absolute Gasteiger partial charge is 0.310 e. The lowest BCUT2D eigenvalue weighted by atomic mass is 10.1. The zero-order chi connectivity index (χ0) is 11.8. The third kappa shape index (κ3) is 8.80. The van der Waals surface area contributed by atoms with Crippen LogP contribution in [0.3, 0.4) is 0 Å². The van der Waals surface area contributed by atoms with Crippen molar-refractivity contribution in [3.8, 4) is 0 Å². The van der Waals surface area contributed by atoms with E-state index in [0.717, 1.165) is 0 Å². The Kier molecular flexibility index (Phi) is 6.17. The van der Waals surface area contributed by atoms with Crippen molar-refractivity contribution in [2.45, 2.75) is 39.0 Å². The van der Waals surface area contributed by atoms with Crippen LogP contribution < -0.4 is 0 Å². The molecule has 0 atom stereocenters. The molecule has 1 N–H and O–H groups in total. The Morgan fingerprint density at radius 3 is 2.00 bits per heavy atom. The molecule has 0 spiro atoms. The molecule has 0 saturated carbocycles. The van der Waals surface area contributed by atoms with Crippen LogP contribution in [0.4, 0.5) is 0 Å². The molecule has 84 valence electrons. The highest BCUT2D eigenvalue weighted by Crippen LogP contribution is 2.02. The van der Waals surface area contributed by atoms with E-state index in [-0.39, 0.29) is 24.4 Å². The maximum atomic E-state index is 11.1. The molecule has 0 fully saturated rings. The first-order valence-corrected chi connectivity index (χ1v) is 4.66. The number of Topliss-reactive ketones (excluding diaryl/α,β-unsaturated/α-hetero) is 3. The van der Waals surface area contributed by atoms with Gasteiger partial charge < -0.3 is 9.90 Å². The lowest BCUT2D eigenvalue weighted by Gasteiger charge is -1.98. The van der Waals surface area contributed by atoms with E-state index in [2.05, 4.69) is 0 Å². The zero-order valence-electron chi connectivity index (χ0n) is 8.62. The monoisotopic (exact) mass is 214 g/mol. The third-order valence-corrected chi connectivity index (χ3v) is 1.73. The average Bonchev–Trinajstić information content (AvgIpc) is 2.00. The zero-order valence-corrected chi connectivity index (χ0v) is 8.62. The molecule has 0 amide bonds. The van der Waals surface area contributed by atoms with Crippen LogP contribution in [0.25, 0.3) is 0 Å². The van der Waals surface area contributed by atoms with Crippen molar-refractivity contribution >= 4 is 23.3 Å². The van der Waals surface area contributed by atoms with Crippen LogP contribution in [0.15, 0.2) is 0 Å². The minimum absolute atomic E-state index is 0.000312. The van der Waals surface area contributed by atoms with Gasteiger partial charge in [-0.05, 0) is 13.3 Å². The maximum absolute atomic E-state index is 11.1. The highest BCUT2D eigenvalue weighted by atomic mass is 16.4. The van der Waals surface area contributed by atoms with Crippen molar-refractivity contribution in [2.24, 2.45) is 0 Å². The largest absolute Gasteiger partial charge is 0.481 e. The van der Waals surface area contributed by atoms with E-state index >= 15 is 0 Å². The van der Waals surface area contributed by atoms with Crippen LogP contribution in [-0.4, -0.2) is 28.4 Å². The molecule has 0 aliphatic heterocycles. The highest BCUT2D eigenvalue weighted by Gasteiger charge is 2.12. The fraction of sp³-hybridized carbons (Fsp3) is 0.600. The molecule has 0 unspecified atom stereocenters. The first-order chi connectivity index (χ1) is 6.91. The number of hydrogen-bond donors (Lipinski definition) is 1. The van der Waals surface area contributed by atoms with E-state index in [4.69, 9.17) is 5.11 Å². The fourth-order valence-electron chi connectivity index (χ4n) is 1.07. The van der Waals surface area contributed by atoms with Crippen molar-refractivity contribution in [3.05, 3.63) is 0 Å². The molecule has 5 heteroatoms. The summed E-state index contributed by atoms with van der Waals surface area (Å²) < 4.78 is 0. The molecule has 0 aliphatic rings. The first kappa shape index (κ1) is 13.5. The van der Waals surface area contributed by atoms with Gasteiger partial charge in [-0.1, -0.05) is 0 Å². The molecule has 0 radical (unpaired) electrons. The van der Waals surface area contributed by atoms with E-state index in [1.54, 1.807) is 0 Å². The molecular formula is C10H14O5. The molecule has 15 heavy (non-hydrogen) atoms. The summed E-state index contributed by atoms with van der Waals surface area (Å²) in [6.07, 6.45) is -0.0546. The number of rotatable bonds is 8. The van der Waals surface area contributed by atoms with Gasteiger partial charge in [-0.2, -0.15) is 0 Å². The Hall–Kier alpha value is -1.52. The lowest BCUT2D eigenvalue weighted by molar-refractivity contribution is -0.140. The SMILES string of the molecule is CC(=O)CCCC(=O)CC(=O)CC(=O)O. The summed E-state index contributed by atoms with van der Waals surface area (Å²) in [6.45, 7) is 1.43. The van der Waals surface area contributed by atoms with Crippen LogP contribution in [0.5, 0.6) is 0 Å². The third-order valence-electron chi connectivity index (χ3n) is 1.73. The van der Waals surface area contributed by atoms with Crippen molar-refractivity contribution in [2.75, 3.05) is 0 Å². The Morgan fingerprint density at radius 2 is 1.53 bits per heavy atom. The van der Waals surface area contributed by atoms with Crippen molar-refractivity contribution < 1.29 is 24.3 Å². The molecular weight excluding hydrogens is 200 g/mol. The molecule has 0 bridgehead atoms. The molecule has 0 saturated heterocycles. The number of carbonyl (C=O) groups is 4. The second-order valence-electron chi connectivity index (χ2n) is 3.38. The van der Waals surface area contributed by atoms with Crippen molar-refractivity contribution in [1.29, 1.82) is 0 Å². The summed E-state index contributed by atoms with van der Waals surface area (Å²) in [7, 11) is 0. The van der Waals surface area contributed by atoms with E-state index < -0.39 is 18.2 Å². The van der Waals surface area contributed by atoms with E-state index in [1.165, 1.54) is 6.92 Å². The minimum atomic E-state index is -1.23. The van der Waals surface area contributed by atoms with E-state index in [1.807, 2.05) is 0 Å². The predicted molar refractivity (Wildman–Crippen MR) is 51.4 cm³/mol. The van der Waals surface area contributed by atoms with Crippen LogP contribution in [0, 0.1) is 0 Å².